The van der Waals surface area contributed by atoms with Gasteiger partial charge in [-0.2, -0.15) is 0 Å². The van der Waals surface area contributed by atoms with Crippen molar-refractivity contribution >= 4 is 23.9 Å². The molecule has 1 aliphatic heterocycles. The minimum atomic E-state index is -0.636. The summed E-state index contributed by atoms with van der Waals surface area (Å²) >= 11 is 0. The zero-order valence-corrected chi connectivity index (χ0v) is 18.6. The number of hydrogen-bond donors (Lipinski definition) is 0. The van der Waals surface area contributed by atoms with Gasteiger partial charge in [0.1, 0.15) is 18.4 Å². The fraction of sp³-hybridized carbons (Fsp3) is 0.360. The van der Waals surface area contributed by atoms with E-state index < -0.39 is 30.5 Å². The molecule has 0 N–H and O–H groups in total. The van der Waals surface area contributed by atoms with E-state index in [-0.39, 0.29) is 6.61 Å². The van der Waals surface area contributed by atoms with Crippen molar-refractivity contribution in [2.45, 2.75) is 38.8 Å². The number of aromatic nitrogens is 1. The second-order valence-corrected chi connectivity index (χ2v) is 7.47. The summed E-state index contributed by atoms with van der Waals surface area (Å²) in [6.45, 7) is 2.38. The first-order chi connectivity index (χ1) is 16.1. The number of benzene rings is 1. The van der Waals surface area contributed by atoms with E-state index in [1.165, 1.54) is 11.0 Å². The van der Waals surface area contributed by atoms with Crippen LogP contribution in [0.4, 0.5) is 0 Å². The molecule has 1 unspecified atom stereocenters. The van der Waals surface area contributed by atoms with Crippen molar-refractivity contribution in [3.8, 4) is 5.75 Å². The second-order valence-electron chi connectivity index (χ2n) is 7.47. The lowest BCUT2D eigenvalue weighted by Crippen LogP contribution is -2.50. The van der Waals surface area contributed by atoms with Gasteiger partial charge >= 0.3 is 11.9 Å². The number of esters is 2. The van der Waals surface area contributed by atoms with Crippen LogP contribution in [0, 0.1) is 0 Å². The molecule has 3 rings (SSSR count). The average molecular weight is 453 g/mol. The van der Waals surface area contributed by atoms with Crippen molar-refractivity contribution < 1.29 is 28.6 Å². The van der Waals surface area contributed by atoms with Crippen molar-refractivity contribution in [2.24, 2.45) is 0 Å². The van der Waals surface area contributed by atoms with Gasteiger partial charge in [0.15, 0.2) is 6.61 Å². The number of rotatable bonds is 9. The third kappa shape index (κ3) is 7.45. The highest BCUT2D eigenvalue weighted by molar-refractivity contribution is 5.90. The molecule has 2 heterocycles. The van der Waals surface area contributed by atoms with Gasteiger partial charge in [0.05, 0.1) is 12.3 Å². The Hall–Kier alpha value is -3.68. The Bertz CT molecular complexity index is 959. The minimum Gasteiger partial charge on any atom is -0.487 e. The van der Waals surface area contributed by atoms with Crippen LogP contribution in [-0.2, 0) is 30.5 Å². The van der Waals surface area contributed by atoms with E-state index in [0.29, 0.717) is 25.3 Å². The number of carbonyl (C=O) groups excluding carboxylic acids is 3. The molecule has 8 nitrogen and oxygen atoms in total. The molecule has 2 aromatic rings. The first kappa shape index (κ1) is 24.0. The molecule has 1 saturated heterocycles. The lowest BCUT2D eigenvalue weighted by molar-refractivity contribution is -0.159. The first-order valence-electron chi connectivity index (χ1n) is 11.0. The quantitative estimate of drug-likeness (QED) is 0.426. The SMILES string of the molecule is CCOC(=O)C1CCCCN1C(=O)COC(=O)/C=C/c1ccc(OCc2ccccn2)cc1. The number of ether oxygens (including phenoxy) is 3. The number of amides is 1. The van der Waals surface area contributed by atoms with Gasteiger partial charge in [-0.25, -0.2) is 9.59 Å². The molecule has 8 heteroatoms. The Morgan fingerprint density at radius 3 is 2.64 bits per heavy atom. The minimum absolute atomic E-state index is 0.258. The van der Waals surface area contributed by atoms with E-state index in [1.807, 2.05) is 18.2 Å². The topological polar surface area (TPSA) is 95.0 Å². The highest BCUT2D eigenvalue weighted by Crippen LogP contribution is 2.19. The number of likely N-dealkylation sites (tertiary alicyclic amines) is 1. The van der Waals surface area contributed by atoms with E-state index in [1.54, 1.807) is 43.5 Å². The lowest BCUT2D eigenvalue weighted by atomic mass is 10.0. The molecule has 1 aromatic heterocycles. The second kappa shape index (κ2) is 12.4. The summed E-state index contributed by atoms with van der Waals surface area (Å²) in [7, 11) is 0. The third-order valence-corrected chi connectivity index (χ3v) is 5.12. The summed E-state index contributed by atoms with van der Waals surface area (Å²) < 4.78 is 15.8. The van der Waals surface area contributed by atoms with Crippen molar-refractivity contribution in [1.29, 1.82) is 0 Å². The van der Waals surface area contributed by atoms with Crippen LogP contribution < -0.4 is 4.74 Å². The fourth-order valence-electron chi connectivity index (χ4n) is 3.46. The highest BCUT2D eigenvalue weighted by Gasteiger charge is 2.33. The Balaban J connectivity index is 1.45. The van der Waals surface area contributed by atoms with Crippen LogP contribution >= 0.6 is 0 Å². The van der Waals surface area contributed by atoms with Crippen LogP contribution in [-0.4, -0.2) is 53.5 Å². The smallest absolute Gasteiger partial charge is 0.331 e. The molecular weight excluding hydrogens is 424 g/mol. The van der Waals surface area contributed by atoms with Crippen LogP contribution in [0.1, 0.15) is 37.4 Å². The Morgan fingerprint density at radius 1 is 1.09 bits per heavy atom. The standard InChI is InChI=1S/C25H28N2O6/c1-2-31-25(30)22-8-4-6-16-27(22)23(28)18-33-24(29)14-11-19-9-12-21(13-10-19)32-17-20-7-3-5-15-26-20/h3,5,7,9-15,22H,2,4,6,8,16-18H2,1H3/b14-11+. The molecule has 0 radical (unpaired) electrons. The molecule has 1 aliphatic rings. The Labute approximate surface area is 193 Å². The molecule has 0 aliphatic carbocycles. The van der Waals surface area contributed by atoms with Crippen LogP contribution in [0.5, 0.6) is 5.75 Å². The summed E-state index contributed by atoms with van der Waals surface area (Å²) in [5, 5.41) is 0. The van der Waals surface area contributed by atoms with Crippen molar-refractivity contribution in [3.63, 3.8) is 0 Å². The molecule has 0 bridgehead atoms. The van der Waals surface area contributed by atoms with Crippen LogP contribution in [0.3, 0.4) is 0 Å². The maximum absolute atomic E-state index is 12.5. The monoisotopic (exact) mass is 452 g/mol. The largest absolute Gasteiger partial charge is 0.487 e. The molecule has 1 fully saturated rings. The predicted molar refractivity (Wildman–Crippen MR) is 121 cm³/mol. The molecule has 174 valence electrons. The number of hydrogen-bond acceptors (Lipinski definition) is 7. The first-order valence-corrected chi connectivity index (χ1v) is 11.0. The van der Waals surface area contributed by atoms with Gasteiger partial charge in [-0.05, 0) is 62.1 Å². The number of piperidine rings is 1. The van der Waals surface area contributed by atoms with Crippen LogP contribution in [0.25, 0.3) is 6.08 Å². The number of pyridine rings is 1. The van der Waals surface area contributed by atoms with Gasteiger partial charge in [0, 0.05) is 18.8 Å². The Morgan fingerprint density at radius 2 is 1.91 bits per heavy atom. The maximum Gasteiger partial charge on any atom is 0.331 e. The van der Waals surface area contributed by atoms with E-state index in [9.17, 15) is 14.4 Å². The zero-order valence-electron chi connectivity index (χ0n) is 18.6. The summed E-state index contributed by atoms with van der Waals surface area (Å²) in [5.74, 6) is -0.764. The van der Waals surface area contributed by atoms with Gasteiger partial charge in [-0.3, -0.25) is 9.78 Å². The maximum atomic E-state index is 12.5. The average Bonchev–Trinajstić information content (AvgIpc) is 2.86. The molecule has 0 spiro atoms. The molecular formula is C25H28N2O6. The normalized spacial score (nSPS) is 15.8. The summed E-state index contributed by atoms with van der Waals surface area (Å²) in [4.78, 5) is 42.3. The summed E-state index contributed by atoms with van der Waals surface area (Å²) in [6, 6.07) is 12.2. The molecule has 1 amide bonds. The van der Waals surface area contributed by atoms with E-state index in [0.717, 1.165) is 24.1 Å². The fourth-order valence-corrected chi connectivity index (χ4v) is 3.46. The highest BCUT2D eigenvalue weighted by atomic mass is 16.5. The van der Waals surface area contributed by atoms with E-state index in [2.05, 4.69) is 4.98 Å². The lowest BCUT2D eigenvalue weighted by Gasteiger charge is -2.33. The molecule has 0 saturated carbocycles. The zero-order chi connectivity index (χ0) is 23.5. The third-order valence-electron chi connectivity index (χ3n) is 5.12. The van der Waals surface area contributed by atoms with Gasteiger partial charge in [0.2, 0.25) is 0 Å². The van der Waals surface area contributed by atoms with Crippen molar-refractivity contribution in [2.75, 3.05) is 19.8 Å². The summed E-state index contributed by atoms with van der Waals surface area (Å²) in [5.41, 5.74) is 1.61. The van der Waals surface area contributed by atoms with Crippen molar-refractivity contribution in [1.82, 2.24) is 9.88 Å². The van der Waals surface area contributed by atoms with E-state index in [4.69, 9.17) is 14.2 Å². The van der Waals surface area contributed by atoms with Gasteiger partial charge in [-0.15, -0.1) is 0 Å². The van der Waals surface area contributed by atoms with Crippen LogP contribution in [0.2, 0.25) is 0 Å². The van der Waals surface area contributed by atoms with Crippen molar-refractivity contribution in [3.05, 3.63) is 66.0 Å². The molecule has 33 heavy (non-hydrogen) atoms. The van der Waals surface area contributed by atoms with Crippen LogP contribution in [0.15, 0.2) is 54.7 Å². The van der Waals surface area contributed by atoms with E-state index >= 15 is 0 Å². The molecule has 1 atom stereocenters. The number of nitrogens with zero attached hydrogens (tertiary/aromatic N) is 2. The predicted octanol–water partition coefficient (Wildman–Crippen LogP) is 3.16. The van der Waals surface area contributed by atoms with Gasteiger partial charge in [0.25, 0.3) is 5.91 Å². The summed E-state index contributed by atoms with van der Waals surface area (Å²) in [6.07, 6.45) is 6.78. The number of carbonyl (C=O) groups is 3. The van der Waals surface area contributed by atoms with Gasteiger partial charge in [-0.1, -0.05) is 18.2 Å². The van der Waals surface area contributed by atoms with Gasteiger partial charge < -0.3 is 19.1 Å². The molecule has 1 aromatic carbocycles. The Kier molecular flexibility index (Phi) is 8.99.